The molecule has 0 bridgehead atoms. The van der Waals surface area contributed by atoms with Crippen molar-refractivity contribution in [3.05, 3.63) is 35.9 Å². The lowest BCUT2D eigenvalue weighted by Gasteiger charge is -2.23. The van der Waals surface area contributed by atoms with Crippen molar-refractivity contribution in [2.75, 3.05) is 20.6 Å². The third kappa shape index (κ3) is 4.45. The molecular formula is C15H21BFO6P. The lowest BCUT2D eigenvalue weighted by molar-refractivity contribution is -0.0469. The number of halogens is 1. The van der Waals surface area contributed by atoms with Gasteiger partial charge in [0.25, 0.3) is 0 Å². The van der Waals surface area contributed by atoms with Gasteiger partial charge in [0.15, 0.2) is 6.10 Å². The molecule has 0 spiro atoms. The number of ether oxygens (including phenoxy) is 2. The molecular weight excluding hydrogens is 337 g/mol. The molecule has 1 aromatic rings. The van der Waals surface area contributed by atoms with Gasteiger partial charge in [-0.15, -0.1) is 0 Å². The van der Waals surface area contributed by atoms with E-state index in [1.807, 2.05) is 0 Å². The van der Waals surface area contributed by atoms with Crippen molar-refractivity contribution in [1.29, 1.82) is 0 Å². The van der Waals surface area contributed by atoms with Crippen molar-refractivity contribution in [2.24, 2.45) is 0 Å². The van der Waals surface area contributed by atoms with Crippen LogP contribution >= 0.6 is 7.60 Å². The zero-order valence-corrected chi connectivity index (χ0v) is 14.8. The maximum absolute atomic E-state index is 14.4. The zero-order chi connectivity index (χ0) is 17.7. The molecule has 4 atom stereocenters. The largest absolute Gasteiger partial charge is 0.453 e. The van der Waals surface area contributed by atoms with Crippen LogP contribution in [0.4, 0.5) is 4.39 Å². The molecule has 1 saturated carbocycles. The maximum Gasteiger partial charge on any atom is 0.355 e. The minimum Gasteiger partial charge on any atom is -0.453 e. The first kappa shape index (κ1) is 19.1. The molecule has 24 heavy (non-hydrogen) atoms. The highest BCUT2D eigenvalue weighted by Crippen LogP contribution is 2.47. The van der Waals surface area contributed by atoms with Crippen molar-refractivity contribution in [2.45, 2.75) is 30.6 Å². The van der Waals surface area contributed by atoms with Gasteiger partial charge >= 0.3 is 13.6 Å². The third-order valence-corrected chi connectivity index (χ3v) is 5.66. The van der Waals surface area contributed by atoms with E-state index in [0.29, 0.717) is 12.0 Å². The predicted octanol–water partition coefficient (Wildman–Crippen LogP) is 2.20. The Morgan fingerprint density at radius 2 is 1.92 bits per heavy atom. The molecule has 1 aliphatic carbocycles. The van der Waals surface area contributed by atoms with Crippen LogP contribution in [-0.4, -0.2) is 52.8 Å². The molecule has 0 aromatic heterocycles. The van der Waals surface area contributed by atoms with Crippen LogP contribution in [0.25, 0.3) is 0 Å². The summed E-state index contributed by atoms with van der Waals surface area (Å²) in [6, 6.07) is 8.34. The van der Waals surface area contributed by atoms with Gasteiger partial charge in [0.2, 0.25) is 0 Å². The van der Waals surface area contributed by atoms with E-state index >= 15 is 0 Å². The van der Waals surface area contributed by atoms with Crippen molar-refractivity contribution in [3.63, 3.8) is 0 Å². The van der Waals surface area contributed by atoms with Crippen molar-refractivity contribution < 1.29 is 32.3 Å². The molecule has 1 fully saturated rings. The summed E-state index contributed by atoms with van der Waals surface area (Å²) in [5, 5.41) is 0. The van der Waals surface area contributed by atoms with Gasteiger partial charge in [-0.05, 0) is 24.4 Å². The summed E-state index contributed by atoms with van der Waals surface area (Å²) in [6.07, 6.45) is -3.10. The molecule has 1 aliphatic rings. The molecule has 0 aliphatic heterocycles. The fourth-order valence-corrected chi connectivity index (χ4v) is 3.33. The van der Waals surface area contributed by atoms with E-state index in [4.69, 9.17) is 18.5 Å². The van der Waals surface area contributed by atoms with Crippen molar-refractivity contribution in [1.82, 2.24) is 0 Å². The molecule has 1 aromatic carbocycles. The summed E-state index contributed by atoms with van der Waals surface area (Å²) in [5.41, 5.74) is 0.336. The molecule has 0 amide bonds. The second kappa shape index (κ2) is 8.25. The maximum atomic E-state index is 14.4. The Morgan fingerprint density at radius 1 is 1.29 bits per heavy atom. The summed E-state index contributed by atoms with van der Waals surface area (Å²) < 4.78 is 46.9. The second-order valence-corrected chi connectivity index (χ2v) is 7.91. The monoisotopic (exact) mass is 358 g/mol. The molecule has 6 nitrogen and oxygen atoms in total. The average Bonchev–Trinajstić information content (AvgIpc) is 2.88. The molecule has 4 unspecified atom stereocenters. The van der Waals surface area contributed by atoms with E-state index in [0.717, 1.165) is 0 Å². The normalized spacial score (nSPS) is 27.1. The van der Waals surface area contributed by atoms with Crippen LogP contribution in [0.3, 0.4) is 0 Å². The Hall–Kier alpha value is -1.21. The molecule has 0 radical (unpaired) electrons. The van der Waals surface area contributed by atoms with Gasteiger partial charge in [0, 0.05) is 14.2 Å². The Kier molecular flexibility index (Phi) is 6.58. The van der Waals surface area contributed by atoms with Crippen LogP contribution in [-0.2, 0) is 23.1 Å². The number of carbonyl (C=O) groups excluding carboxylic acids is 1. The second-order valence-electron chi connectivity index (χ2n) is 5.70. The minimum atomic E-state index is -3.38. The number of alkyl halides is 1. The number of benzene rings is 1. The summed E-state index contributed by atoms with van der Waals surface area (Å²) in [5.74, 6) is -0.958. The smallest absolute Gasteiger partial charge is 0.355 e. The van der Waals surface area contributed by atoms with Gasteiger partial charge in [-0.1, -0.05) is 18.2 Å². The zero-order valence-electron chi connectivity index (χ0n) is 13.9. The number of rotatable bonds is 7. The van der Waals surface area contributed by atoms with Crippen LogP contribution in [0, 0.1) is 0 Å². The molecule has 9 heteroatoms. The number of carbonyl (C=O) groups is 1. The van der Waals surface area contributed by atoms with E-state index in [-0.39, 0.29) is 12.2 Å². The number of esters is 1. The van der Waals surface area contributed by atoms with Gasteiger partial charge < -0.3 is 18.5 Å². The van der Waals surface area contributed by atoms with Crippen molar-refractivity contribution >= 4 is 21.4 Å². The van der Waals surface area contributed by atoms with Crippen LogP contribution < -0.4 is 0 Å². The average molecular weight is 358 g/mol. The highest BCUT2D eigenvalue weighted by atomic mass is 31.2. The fourth-order valence-electron chi connectivity index (χ4n) is 2.60. The van der Waals surface area contributed by atoms with Gasteiger partial charge in [-0.3, -0.25) is 4.57 Å². The quantitative estimate of drug-likeness (QED) is 0.423. The van der Waals surface area contributed by atoms with E-state index in [1.165, 1.54) is 14.2 Å². The molecule has 0 N–H and O–H groups in total. The molecule has 0 heterocycles. The van der Waals surface area contributed by atoms with E-state index in [2.05, 4.69) is 0 Å². The van der Waals surface area contributed by atoms with Crippen molar-refractivity contribution in [3.8, 4) is 0 Å². The van der Waals surface area contributed by atoms with E-state index < -0.39 is 31.9 Å². The van der Waals surface area contributed by atoms with Gasteiger partial charge in [0.05, 0.1) is 11.7 Å². The first-order valence-corrected chi connectivity index (χ1v) is 9.35. The first-order chi connectivity index (χ1) is 11.4. The Balaban J connectivity index is 2.04. The third-order valence-electron chi connectivity index (χ3n) is 4.08. The highest BCUT2D eigenvalue weighted by molar-refractivity contribution is 7.53. The Labute approximate surface area is 141 Å². The van der Waals surface area contributed by atoms with Gasteiger partial charge in [-0.25, -0.2) is 9.18 Å². The van der Waals surface area contributed by atoms with Gasteiger partial charge in [0.1, 0.15) is 20.4 Å². The minimum absolute atomic E-state index is 0.330. The molecule has 0 saturated heterocycles. The number of hydrogen-bond acceptors (Lipinski definition) is 6. The lowest BCUT2D eigenvalue weighted by atomic mass is 9.85. The highest BCUT2D eigenvalue weighted by Gasteiger charge is 2.45. The summed E-state index contributed by atoms with van der Waals surface area (Å²) in [7, 11) is 0.827. The van der Waals surface area contributed by atoms with Crippen LogP contribution in [0.5, 0.6) is 0 Å². The van der Waals surface area contributed by atoms with E-state index in [9.17, 15) is 13.8 Å². The van der Waals surface area contributed by atoms with Crippen LogP contribution in [0.1, 0.15) is 16.8 Å². The summed E-state index contributed by atoms with van der Waals surface area (Å²) >= 11 is 0. The number of hydrogen-bond donors (Lipinski definition) is 0. The topological polar surface area (TPSA) is 71.1 Å². The van der Waals surface area contributed by atoms with Gasteiger partial charge in [-0.2, -0.15) is 0 Å². The predicted molar refractivity (Wildman–Crippen MR) is 88.8 cm³/mol. The lowest BCUT2D eigenvalue weighted by Crippen LogP contribution is -2.35. The SMILES string of the molecule is BC1CC(OCP(=O)(OC)OC)C(OC(=O)c2ccccc2)C1F. The Morgan fingerprint density at radius 3 is 2.50 bits per heavy atom. The van der Waals surface area contributed by atoms with Crippen LogP contribution in [0.15, 0.2) is 30.3 Å². The fraction of sp³-hybridized carbons (Fsp3) is 0.533. The van der Waals surface area contributed by atoms with E-state index in [1.54, 1.807) is 38.2 Å². The first-order valence-electron chi connectivity index (χ1n) is 7.62. The van der Waals surface area contributed by atoms with Crippen LogP contribution in [0.2, 0.25) is 5.82 Å². The summed E-state index contributed by atoms with van der Waals surface area (Å²) in [4.78, 5) is 12.2. The summed E-state index contributed by atoms with van der Waals surface area (Å²) in [6.45, 7) is 0. The standard InChI is InChI=1S/C15H21BFO6P/c1-20-24(19,21-2)9-22-12-8-11(16)13(17)14(12)23-15(18)10-6-4-3-5-7-10/h3-7,11-14H,8-9,16H2,1-2H3. The molecule has 2 rings (SSSR count). The molecule has 132 valence electrons. The Bertz CT molecular complexity index is 593.